The van der Waals surface area contributed by atoms with Gasteiger partial charge in [-0.3, -0.25) is 9.59 Å². The lowest BCUT2D eigenvalue weighted by molar-refractivity contribution is -0.143. The fourth-order valence-electron chi connectivity index (χ4n) is 5.77. The molecule has 3 aliphatic rings. The minimum atomic E-state index is -0.643. The number of carbonyl (C=O) groups is 2. The number of carbonyl (C=O) groups excluding carboxylic acids is 2. The molecule has 3 aliphatic heterocycles. The molecule has 0 spiro atoms. The molecule has 2 unspecified atom stereocenters. The van der Waals surface area contributed by atoms with E-state index < -0.39 is 6.04 Å². The molecule has 2 amide bonds. The fraction of sp³-hybridized carbons (Fsp3) is 0.679. The quantitative estimate of drug-likeness (QED) is 0.345. The van der Waals surface area contributed by atoms with Crippen LogP contribution in [0, 0.1) is 11.8 Å². The summed E-state index contributed by atoms with van der Waals surface area (Å²) in [6.45, 7) is 8.55. The molecule has 210 valence electrons. The Morgan fingerprint density at radius 1 is 1.18 bits per heavy atom. The third-order valence-corrected chi connectivity index (χ3v) is 7.90. The van der Waals surface area contributed by atoms with Crippen molar-refractivity contribution in [2.75, 3.05) is 57.4 Å². The molecule has 3 heterocycles. The summed E-state index contributed by atoms with van der Waals surface area (Å²) in [6.07, 6.45) is 2.73. The van der Waals surface area contributed by atoms with Crippen LogP contribution in [0.25, 0.3) is 0 Å². The van der Waals surface area contributed by atoms with Crippen molar-refractivity contribution in [3.05, 3.63) is 30.3 Å². The van der Waals surface area contributed by atoms with Crippen LogP contribution < -0.4 is 10.2 Å². The van der Waals surface area contributed by atoms with Gasteiger partial charge in [0.05, 0.1) is 25.2 Å². The molecule has 1 aromatic carbocycles. The largest absolute Gasteiger partial charge is 0.396 e. The summed E-state index contributed by atoms with van der Waals surface area (Å²) < 4.78 is 5.42. The maximum absolute atomic E-state index is 14.3. The van der Waals surface area contributed by atoms with Crippen LogP contribution in [0.5, 0.6) is 0 Å². The first-order chi connectivity index (χ1) is 18.4. The minimum Gasteiger partial charge on any atom is -0.396 e. The number of hydrogen-bond acceptors (Lipinski definition) is 7. The van der Waals surface area contributed by atoms with Crippen molar-refractivity contribution in [3.63, 3.8) is 0 Å². The lowest BCUT2D eigenvalue weighted by Gasteiger charge is -2.41. The number of aliphatic imine (C=N–C) groups is 1. The zero-order chi connectivity index (χ0) is 27.1. The summed E-state index contributed by atoms with van der Waals surface area (Å²) in [6, 6.07) is 8.81. The van der Waals surface area contributed by atoms with Crippen molar-refractivity contribution >= 4 is 34.4 Å². The predicted molar refractivity (Wildman–Crippen MR) is 149 cm³/mol. The Bertz CT molecular complexity index is 956. The summed E-state index contributed by atoms with van der Waals surface area (Å²) in [7, 11) is 0. The van der Waals surface area contributed by atoms with E-state index in [1.165, 1.54) is 0 Å². The number of anilines is 1. The standard InChI is InChI=1S/C28H42ClN5O4/c1-20(2)19-33(23-16-21(17-30-18-23)26(36)32-11-14-38-15-12-32)27(37)25-24(10-6-7-13-35)34(28(29)31-25)22-8-4-3-5-9-22/h3-5,8-9,20-21,23-25,30,35H,6-7,10-19H2,1-2H3/t21-,23+,24?,25?/m1/s1. The number of nitrogens with zero attached hydrogens (tertiary/aromatic N) is 4. The average Bonchev–Trinajstić information content (AvgIpc) is 3.27. The van der Waals surface area contributed by atoms with Crippen LogP contribution in [0.4, 0.5) is 5.69 Å². The van der Waals surface area contributed by atoms with Gasteiger partial charge >= 0.3 is 0 Å². The van der Waals surface area contributed by atoms with Gasteiger partial charge in [0.25, 0.3) is 0 Å². The highest BCUT2D eigenvalue weighted by Crippen LogP contribution is 2.32. The van der Waals surface area contributed by atoms with Gasteiger partial charge in [-0.2, -0.15) is 0 Å². The summed E-state index contributed by atoms with van der Waals surface area (Å²) in [5.41, 5.74) is 0.900. The number of amides is 2. The Balaban J connectivity index is 1.55. The topological polar surface area (TPSA) is 97.7 Å². The molecule has 38 heavy (non-hydrogen) atoms. The van der Waals surface area contributed by atoms with Crippen molar-refractivity contribution < 1.29 is 19.4 Å². The molecule has 2 N–H and O–H groups in total. The number of nitrogens with one attached hydrogen (secondary N) is 1. The first-order valence-corrected chi connectivity index (χ1v) is 14.3. The van der Waals surface area contributed by atoms with E-state index in [1.807, 2.05) is 45.0 Å². The third-order valence-electron chi connectivity index (χ3n) is 7.62. The number of aliphatic hydroxyl groups is 1. The first-order valence-electron chi connectivity index (χ1n) is 14.0. The highest BCUT2D eigenvalue weighted by atomic mass is 35.5. The van der Waals surface area contributed by atoms with Crippen LogP contribution in [-0.4, -0.2) is 103 Å². The van der Waals surface area contributed by atoms with E-state index in [9.17, 15) is 14.7 Å². The number of piperidine rings is 1. The van der Waals surface area contributed by atoms with Gasteiger partial charge in [-0.25, -0.2) is 4.99 Å². The predicted octanol–water partition coefficient (Wildman–Crippen LogP) is 2.32. The van der Waals surface area contributed by atoms with Gasteiger partial charge in [0.1, 0.15) is 0 Å². The molecule has 2 saturated heterocycles. The monoisotopic (exact) mass is 547 g/mol. The Kier molecular flexibility index (Phi) is 10.4. The Morgan fingerprint density at radius 2 is 1.92 bits per heavy atom. The minimum absolute atomic E-state index is 0.0458. The number of benzene rings is 1. The van der Waals surface area contributed by atoms with Crippen LogP contribution in [0.1, 0.15) is 39.5 Å². The third kappa shape index (κ3) is 6.86. The van der Waals surface area contributed by atoms with E-state index in [2.05, 4.69) is 19.2 Å². The maximum Gasteiger partial charge on any atom is 0.249 e. The zero-order valence-electron chi connectivity index (χ0n) is 22.6. The van der Waals surface area contributed by atoms with Crippen molar-refractivity contribution in [3.8, 4) is 0 Å². The number of ether oxygens (including phenoxy) is 1. The molecule has 9 nitrogen and oxygen atoms in total. The second-order valence-electron chi connectivity index (χ2n) is 10.9. The molecule has 1 aromatic rings. The molecule has 10 heteroatoms. The van der Waals surface area contributed by atoms with Gasteiger partial charge in [-0.1, -0.05) is 32.0 Å². The highest BCUT2D eigenvalue weighted by molar-refractivity contribution is 6.68. The number of rotatable bonds is 10. The Morgan fingerprint density at radius 3 is 2.61 bits per heavy atom. The second kappa shape index (κ2) is 13.7. The molecule has 0 aliphatic carbocycles. The molecule has 2 fully saturated rings. The molecule has 4 atom stereocenters. The number of para-hydroxylation sites is 1. The number of halogens is 1. The molecular formula is C28H42ClN5O4. The molecular weight excluding hydrogens is 506 g/mol. The maximum atomic E-state index is 14.3. The van der Waals surface area contributed by atoms with Crippen molar-refractivity contribution in [2.45, 2.75) is 57.7 Å². The normalized spacial score (nSPS) is 26.0. The van der Waals surface area contributed by atoms with E-state index in [0.29, 0.717) is 70.5 Å². The van der Waals surface area contributed by atoms with E-state index in [4.69, 9.17) is 21.3 Å². The van der Waals surface area contributed by atoms with Gasteiger partial charge in [0.2, 0.25) is 11.8 Å². The van der Waals surface area contributed by atoms with Crippen LogP contribution in [0.2, 0.25) is 0 Å². The Labute approximate surface area is 231 Å². The smallest absolute Gasteiger partial charge is 0.249 e. The van der Waals surface area contributed by atoms with Gasteiger partial charge in [-0.15, -0.1) is 0 Å². The van der Waals surface area contributed by atoms with Gasteiger partial charge < -0.3 is 29.9 Å². The molecule has 0 saturated carbocycles. The van der Waals surface area contributed by atoms with Gasteiger partial charge in [-0.05, 0) is 55.3 Å². The molecule has 4 rings (SSSR count). The van der Waals surface area contributed by atoms with E-state index in [0.717, 1.165) is 12.1 Å². The van der Waals surface area contributed by atoms with Crippen molar-refractivity contribution in [1.82, 2.24) is 15.1 Å². The number of hydrogen-bond donors (Lipinski definition) is 2. The average molecular weight is 548 g/mol. The van der Waals surface area contributed by atoms with Crippen molar-refractivity contribution in [2.24, 2.45) is 16.8 Å². The van der Waals surface area contributed by atoms with Crippen LogP contribution in [-0.2, 0) is 14.3 Å². The number of unbranched alkanes of at least 4 members (excludes halogenated alkanes) is 1. The molecule has 0 aromatic heterocycles. The fourth-order valence-corrected chi connectivity index (χ4v) is 6.10. The molecule has 0 radical (unpaired) electrons. The van der Waals surface area contributed by atoms with Crippen molar-refractivity contribution in [1.29, 1.82) is 0 Å². The highest BCUT2D eigenvalue weighted by Gasteiger charge is 2.44. The summed E-state index contributed by atoms with van der Waals surface area (Å²) in [5.74, 6) is 0.177. The summed E-state index contributed by atoms with van der Waals surface area (Å²) in [4.78, 5) is 38.0. The van der Waals surface area contributed by atoms with Crippen LogP contribution in [0.3, 0.4) is 0 Å². The van der Waals surface area contributed by atoms with Crippen LogP contribution in [0.15, 0.2) is 35.3 Å². The Hall–Kier alpha value is -2.20. The van der Waals surface area contributed by atoms with E-state index in [-0.39, 0.29) is 42.3 Å². The van der Waals surface area contributed by atoms with Gasteiger partial charge in [0, 0.05) is 51.1 Å². The number of amidine groups is 1. The SMILES string of the molecule is CC(C)CN(C(=O)C1N=C(Cl)N(c2ccccc2)C1CCCCO)[C@@H]1CNC[C@H](C(=O)N2CCOCC2)C1. The van der Waals surface area contributed by atoms with E-state index in [1.54, 1.807) is 0 Å². The number of aliphatic hydroxyl groups excluding tert-OH is 1. The lowest BCUT2D eigenvalue weighted by Crippen LogP contribution is -2.58. The van der Waals surface area contributed by atoms with Crippen LogP contribution >= 0.6 is 11.6 Å². The first kappa shape index (κ1) is 28.8. The molecule has 0 bridgehead atoms. The second-order valence-corrected chi connectivity index (χ2v) is 11.2. The summed E-state index contributed by atoms with van der Waals surface area (Å²) in [5, 5.41) is 13.1. The summed E-state index contributed by atoms with van der Waals surface area (Å²) >= 11 is 6.69. The number of morpholine rings is 1. The lowest BCUT2D eigenvalue weighted by atomic mass is 9.91. The van der Waals surface area contributed by atoms with E-state index >= 15 is 0 Å². The zero-order valence-corrected chi connectivity index (χ0v) is 23.4. The van der Waals surface area contributed by atoms with Gasteiger partial charge in [0.15, 0.2) is 11.3 Å².